The molecule has 0 bridgehead atoms. The summed E-state index contributed by atoms with van der Waals surface area (Å²) in [5.41, 5.74) is 0.351. The van der Waals surface area contributed by atoms with Crippen molar-refractivity contribution in [2.75, 3.05) is 40.0 Å². The lowest BCUT2D eigenvalue weighted by Gasteiger charge is -2.61. The van der Waals surface area contributed by atoms with Crippen molar-refractivity contribution in [3.05, 3.63) is 0 Å². The van der Waals surface area contributed by atoms with Crippen LogP contribution in [-0.4, -0.2) is 64.2 Å². The second kappa shape index (κ2) is 8.50. The van der Waals surface area contributed by atoms with Gasteiger partial charge in [0.25, 0.3) is 0 Å². The maximum atomic E-state index is 5.91. The number of ether oxygens (including phenoxy) is 3. The first-order valence-electron chi connectivity index (χ1n) is 9.56. The SMILES string of the molecule is CCOC1CC(NC(=NC)NCCOCC2CCCO2)C12CCC2. The monoisotopic (exact) mass is 339 g/mol. The van der Waals surface area contributed by atoms with E-state index in [2.05, 4.69) is 22.5 Å². The van der Waals surface area contributed by atoms with Crippen LogP contribution in [0.2, 0.25) is 0 Å². The molecule has 3 aliphatic rings. The van der Waals surface area contributed by atoms with Crippen molar-refractivity contribution in [3.63, 3.8) is 0 Å². The lowest BCUT2D eigenvalue weighted by atomic mass is 9.51. The van der Waals surface area contributed by atoms with Gasteiger partial charge in [0, 0.05) is 38.3 Å². The third-order valence-electron chi connectivity index (χ3n) is 5.84. The van der Waals surface area contributed by atoms with Gasteiger partial charge in [-0.3, -0.25) is 4.99 Å². The van der Waals surface area contributed by atoms with Crippen LogP contribution < -0.4 is 10.6 Å². The number of rotatable bonds is 8. The molecule has 0 aromatic heterocycles. The van der Waals surface area contributed by atoms with Crippen LogP contribution in [0, 0.1) is 5.41 Å². The quantitative estimate of drug-likeness (QED) is 0.400. The van der Waals surface area contributed by atoms with Crippen molar-refractivity contribution >= 4 is 5.96 Å². The van der Waals surface area contributed by atoms with Crippen molar-refractivity contribution in [3.8, 4) is 0 Å². The third kappa shape index (κ3) is 3.86. The molecule has 2 saturated carbocycles. The smallest absolute Gasteiger partial charge is 0.191 e. The Balaban J connectivity index is 1.33. The van der Waals surface area contributed by atoms with Gasteiger partial charge in [-0.1, -0.05) is 6.42 Å². The molecule has 0 amide bonds. The fourth-order valence-corrected chi connectivity index (χ4v) is 4.23. The van der Waals surface area contributed by atoms with Crippen molar-refractivity contribution in [2.24, 2.45) is 10.4 Å². The van der Waals surface area contributed by atoms with Crippen molar-refractivity contribution < 1.29 is 14.2 Å². The predicted molar refractivity (Wildman–Crippen MR) is 94.4 cm³/mol. The van der Waals surface area contributed by atoms with Crippen LogP contribution >= 0.6 is 0 Å². The average molecular weight is 339 g/mol. The molecule has 0 aromatic rings. The number of aliphatic imine (C=N–C) groups is 1. The minimum absolute atomic E-state index is 0.298. The first-order chi connectivity index (χ1) is 11.8. The summed E-state index contributed by atoms with van der Waals surface area (Å²) in [7, 11) is 1.83. The zero-order chi connectivity index (χ0) is 16.8. The summed E-state index contributed by atoms with van der Waals surface area (Å²) in [6, 6.07) is 0.488. The molecule has 3 fully saturated rings. The van der Waals surface area contributed by atoms with Crippen LogP contribution in [0.25, 0.3) is 0 Å². The number of hydrogen-bond acceptors (Lipinski definition) is 4. The minimum atomic E-state index is 0.298. The Kier molecular flexibility index (Phi) is 6.36. The van der Waals surface area contributed by atoms with E-state index in [1.165, 1.54) is 19.3 Å². The molecule has 0 radical (unpaired) electrons. The molecule has 1 aliphatic heterocycles. The fourth-order valence-electron chi connectivity index (χ4n) is 4.23. The number of guanidine groups is 1. The second-order valence-electron chi connectivity index (χ2n) is 7.17. The molecule has 2 N–H and O–H groups in total. The van der Waals surface area contributed by atoms with Gasteiger partial charge in [0.15, 0.2) is 5.96 Å². The van der Waals surface area contributed by atoms with Crippen LogP contribution in [-0.2, 0) is 14.2 Å². The van der Waals surface area contributed by atoms with Crippen LogP contribution in [0.1, 0.15) is 45.4 Å². The Labute approximate surface area is 145 Å². The summed E-state index contributed by atoms with van der Waals surface area (Å²) in [5.74, 6) is 0.877. The zero-order valence-electron chi connectivity index (χ0n) is 15.2. The summed E-state index contributed by atoms with van der Waals surface area (Å²) >= 11 is 0. The summed E-state index contributed by atoms with van der Waals surface area (Å²) < 4.78 is 17.2. The molecule has 6 nitrogen and oxygen atoms in total. The van der Waals surface area contributed by atoms with Crippen molar-refractivity contribution in [1.29, 1.82) is 0 Å². The highest BCUT2D eigenvalue weighted by atomic mass is 16.5. The van der Waals surface area contributed by atoms with E-state index in [4.69, 9.17) is 14.2 Å². The minimum Gasteiger partial charge on any atom is -0.378 e. The van der Waals surface area contributed by atoms with E-state index in [0.29, 0.717) is 36.9 Å². The number of nitrogens with zero attached hydrogens (tertiary/aromatic N) is 1. The van der Waals surface area contributed by atoms with Gasteiger partial charge in [0.2, 0.25) is 0 Å². The van der Waals surface area contributed by atoms with Gasteiger partial charge in [-0.05, 0) is 39.0 Å². The molecule has 3 unspecified atom stereocenters. The topological polar surface area (TPSA) is 64.1 Å². The van der Waals surface area contributed by atoms with Crippen molar-refractivity contribution in [1.82, 2.24) is 10.6 Å². The third-order valence-corrected chi connectivity index (χ3v) is 5.84. The van der Waals surface area contributed by atoms with Crippen LogP contribution in [0.3, 0.4) is 0 Å². The summed E-state index contributed by atoms with van der Waals surface area (Å²) in [5, 5.41) is 6.95. The van der Waals surface area contributed by atoms with Gasteiger partial charge >= 0.3 is 0 Å². The Bertz CT molecular complexity index is 420. The van der Waals surface area contributed by atoms with E-state index in [1.807, 2.05) is 7.05 Å². The molecule has 1 saturated heterocycles. The highest BCUT2D eigenvalue weighted by molar-refractivity contribution is 5.80. The zero-order valence-corrected chi connectivity index (χ0v) is 15.2. The van der Waals surface area contributed by atoms with Gasteiger partial charge < -0.3 is 24.8 Å². The van der Waals surface area contributed by atoms with Crippen LogP contribution in [0.15, 0.2) is 4.99 Å². The van der Waals surface area contributed by atoms with E-state index < -0.39 is 0 Å². The normalized spacial score (nSPS) is 31.6. The Morgan fingerprint density at radius 3 is 2.83 bits per heavy atom. The molecule has 0 aromatic carbocycles. The fraction of sp³-hybridized carbons (Fsp3) is 0.944. The lowest BCUT2D eigenvalue weighted by Crippen LogP contribution is -2.68. The summed E-state index contributed by atoms with van der Waals surface area (Å²) in [4.78, 5) is 4.35. The van der Waals surface area contributed by atoms with E-state index >= 15 is 0 Å². The molecular weight excluding hydrogens is 306 g/mol. The van der Waals surface area contributed by atoms with Crippen LogP contribution in [0.5, 0.6) is 0 Å². The predicted octanol–water partition coefficient (Wildman–Crippen LogP) is 1.69. The van der Waals surface area contributed by atoms with E-state index in [-0.39, 0.29) is 0 Å². The van der Waals surface area contributed by atoms with Crippen molar-refractivity contribution in [2.45, 2.75) is 63.7 Å². The highest BCUT2D eigenvalue weighted by Crippen LogP contribution is 2.57. The highest BCUT2D eigenvalue weighted by Gasteiger charge is 2.59. The molecule has 1 heterocycles. The molecule has 3 atom stereocenters. The van der Waals surface area contributed by atoms with Gasteiger partial charge in [0.1, 0.15) is 0 Å². The van der Waals surface area contributed by atoms with Gasteiger partial charge in [0.05, 0.1) is 25.4 Å². The molecule has 6 heteroatoms. The van der Waals surface area contributed by atoms with E-state index in [1.54, 1.807) is 0 Å². The lowest BCUT2D eigenvalue weighted by molar-refractivity contribution is -0.168. The Morgan fingerprint density at radius 1 is 1.33 bits per heavy atom. The van der Waals surface area contributed by atoms with E-state index in [9.17, 15) is 0 Å². The van der Waals surface area contributed by atoms with Gasteiger partial charge in [-0.15, -0.1) is 0 Å². The van der Waals surface area contributed by atoms with E-state index in [0.717, 1.165) is 45.0 Å². The standard InChI is InChI=1S/C18H33N3O3/c1-3-23-16-12-15(18(16)7-5-8-18)21-17(19-2)20-9-11-22-13-14-6-4-10-24-14/h14-16H,3-13H2,1-2H3,(H2,19,20,21). The molecule has 3 rings (SSSR count). The van der Waals surface area contributed by atoms with Gasteiger partial charge in [-0.25, -0.2) is 0 Å². The number of hydrogen-bond donors (Lipinski definition) is 2. The average Bonchev–Trinajstić information content (AvgIpc) is 3.03. The Morgan fingerprint density at radius 2 is 2.21 bits per heavy atom. The van der Waals surface area contributed by atoms with Crippen LogP contribution in [0.4, 0.5) is 0 Å². The second-order valence-corrected chi connectivity index (χ2v) is 7.17. The van der Waals surface area contributed by atoms with Gasteiger partial charge in [-0.2, -0.15) is 0 Å². The first kappa shape index (κ1) is 18.0. The molecular formula is C18H33N3O3. The molecule has 2 aliphatic carbocycles. The maximum absolute atomic E-state index is 5.91. The largest absolute Gasteiger partial charge is 0.378 e. The summed E-state index contributed by atoms with van der Waals surface area (Å²) in [6.07, 6.45) is 7.98. The Hall–Kier alpha value is -0.850. The molecule has 138 valence electrons. The molecule has 24 heavy (non-hydrogen) atoms. The summed E-state index contributed by atoms with van der Waals surface area (Å²) in [6.45, 7) is 5.93. The number of nitrogens with one attached hydrogen (secondary N) is 2. The first-order valence-corrected chi connectivity index (χ1v) is 9.56. The molecule has 1 spiro atoms. The maximum Gasteiger partial charge on any atom is 0.191 e.